The van der Waals surface area contributed by atoms with Gasteiger partial charge in [-0.05, 0) is 36.4 Å². The number of aliphatic carboxylic acids is 1. The lowest BCUT2D eigenvalue weighted by Crippen LogP contribution is -2.46. The summed E-state index contributed by atoms with van der Waals surface area (Å²) in [5, 5.41) is 9.06. The van der Waals surface area contributed by atoms with Crippen LogP contribution in [0.1, 0.15) is 18.9 Å². The summed E-state index contributed by atoms with van der Waals surface area (Å²) in [5.41, 5.74) is -0.928. The van der Waals surface area contributed by atoms with Gasteiger partial charge in [-0.3, -0.25) is 9.10 Å². The van der Waals surface area contributed by atoms with Crippen LogP contribution in [0, 0.1) is 5.92 Å². The van der Waals surface area contributed by atoms with Crippen LogP contribution in [0.3, 0.4) is 0 Å². The summed E-state index contributed by atoms with van der Waals surface area (Å²) >= 11 is 3.25. The number of ether oxygens (including phenoxy) is 1. The minimum atomic E-state index is -4.70. The summed E-state index contributed by atoms with van der Waals surface area (Å²) in [4.78, 5) is 10.6. The predicted molar refractivity (Wildman–Crippen MR) is 106 cm³/mol. The molecule has 1 aliphatic heterocycles. The molecule has 2 aromatic carbocycles. The van der Waals surface area contributed by atoms with Gasteiger partial charge in [0.2, 0.25) is 0 Å². The second-order valence-electron chi connectivity index (χ2n) is 6.91. The lowest BCUT2D eigenvalue weighted by atomic mass is 9.99. The topological polar surface area (TPSA) is 83.9 Å². The largest absolute Gasteiger partial charge is 0.486 e. The number of carbonyl (C=O) groups is 1. The molecule has 30 heavy (non-hydrogen) atoms. The van der Waals surface area contributed by atoms with Gasteiger partial charge in [-0.2, -0.15) is 13.2 Å². The summed E-state index contributed by atoms with van der Waals surface area (Å²) in [6.45, 7) is 1.37. The van der Waals surface area contributed by atoms with E-state index in [0.29, 0.717) is 10.5 Å². The summed E-state index contributed by atoms with van der Waals surface area (Å²) in [6.07, 6.45) is -5.75. The lowest BCUT2D eigenvalue weighted by Gasteiger charge is -2.37. The fraction of sp³-hybridized carbons (Fsp3) is 0.316. The molecule has 0 saturated heterocycles. The molecular weight excluding hydrogens is 491 g/mol. The van der Waals surface area contributed by atoms with Crippen molar-refractivity contribution in [1.29, 1.82) is 0 Å². The number of fused-ring (bicyclic) bond motifs is 1. The van der Waals surface area contributed by atoms with Crippen molar-refractivity contribution in [1.82, 2.24) is 0 Å². The van der Waals surface area contributed by atoms with E-state index in [1.54, 1.807) is 13.0 Å². The molecule has 1 aliphatic rings. The standard InChI is InChI=1S/C19H17BrF3NO5S/c1-11(7-18(25)26)17-10-24(15-9-13(20)5-6-16(15)29-17)30(27,28)14-4-2-3-12(8-14)19(21,22)23/h2-6,8-9,11,17H,7,10H2,1H3,(H,25,26)/t11-,17-/m1/s1. The van der Waals surface area contributed by atoms with Crippen molar-refractivity contribution >= 4 is 37.6 Å². The zero-order valence-corrected chi connectivity index (χ0v) is 18.0. The highest BCUT2D eigenvalue weighted by molar-refractivity contribution is 9.10. The van der Waals surface area contributed by atoms with Crippen molar-refractivity contribution in [3.63, 3.8) is 0 Å². The van der Waals surface area contributed by atoms with E-state index < -0.39 is 44.6 Å². The van der Waals surface area contributed by atoms with Gasteiger partial charge in [0.15, 0.2) is 0 Å². The molecule has 11 heteroatoms. The number of anilines is 1. The lowest BCUT2D eigenvalue weighted by molar-refractivity contribution is -0.139. The van der Waals surface area contributed by atoms with Gasteiger partial charge in [0.1, 0.15) is 11.9 Å². The average Bonchev–Trinajstić information content (AvgIpc) is 2.66. The smallest absolute Gasteiger partial charge is 0.416 e. The van der Waals surface area contributed by atoms with Crippen LogP contribution < -0.4 is 9.04 Å². The van der Waals surface area contributed by atoms with E-state index in [-0.39, 0.29) is 24.4 Å². The number of carboxylic acid groups (broad SMARTS) is 1. The first-order chi connectivity index (χ1) is 13.9. The second kappa shape index (κ2) is 8.10. The molecular formula is C19H17BrF3NO5S. The highest BCUT2D eigenvalue weighted by atomic mass is 79.9. The second-order valence-corrected chi connectivity index (χ2v) is 9.68. The Balaban J connectivity index is 2.08. The number of rotatable bonds is 5. The van der Waals surface area contributed by atoms with Gasteiger partial charge in [-0.1, -0.05) is 28.9 Å². The molecule has 0 radical (unpaired) electrons. The van der Waals surface area contributed by atoms with Crippen LogP contribution in [0.15, 0.2) is 51.8 Å². The number of benzene rings is 2. The number of hydrogen-bond acceptors (Lipinski definition) is 4. The first kappa shape index (κ1) is 22.4. The quantitative estimate of drug-likeness (QED) is 0.642. The van der Waals surface area contributed by atoms with Gasteiger partial charge in [-0.25, -0.2) is 8.42 Å². The molecule has 0 aromatic heterocycles. The highest BCUT2D eigenvalue weighted by Gasteiger charge is 2.38. The molecule has 3 rings (SSSR count). The Kier molecular flexibility index (Phi) is 6.06. The van der Waals surface area contributed by atoms with Crippen LogP contribution in [-0.2, 0) is 21.0 Å². The summed E-state index contributed by atoms with van der Waals surface area (Å²) in [6, 6.07) is 8.12. The molecule has 0 amide bonds. The molecule has 2 atom stereocenters. The third-order valence-electron chi connectivity index (χ3n) is 4.69. The van der Waals surface area contributed by atoms with E-state index in [0.717, 1.165) is 22.5 Å². The van der Waals surface area contributed by atoms with E-state index in [1.165, 1.54) is 12.1 Å². The molecule has 0 aliphatic carbocycles. The van der Waals surface area contributed by atoms with Crippen molar-refractivity contribution in [3.8, 4) is 5.75 Å². The van der Waals surface area contributed by atoms with Crippen LogP contribution in [0.5, 0.6) is 5.75 Å². The van der Waals surface area contributed by atoms with Gasteiger partial charge in [-0.15, -0.1) is 0 Å². The van der Waals surface area contributed by atoms with Crippen LogP contribution in [0.4, 0.5) is 18.9 Å². The van der Waals surface area contributed by atoms with Gasteiger partial charge in [0.05, 0.1) is 29.1 Å². The molecule has 0 fully saturated rings. The van der Waals surface area contributed by atoms with Gasteiger partial charge in [0.25, 0.3) is 10.0 Å². The fourth-order valence-corrected chi connectivity index (χ4v) is 5.01. The molecule has 6 nitrogen and oxygen atoms in total. The Morgan fingerprint density at radius 3 is 2.63 bits per heavy atom. The van der Waals surface area contributed by atoms with Crippen molar-refractivity contribution < 1.29 is 36.2 Å². The van der Waals surface area contributed by atoms with Gasteiger partial charge >= 0.3 is 12.1 Å². The maximum Gasteiger partial charge on any atom is 0.416 e. The summed E-state index contributed by atoms with van der Waals surface area (Å²) in [5.74, 6) is -1.42. The number of carboxylic acids is 1. The predicted octanol–water partition coefficient (Wildman–Crippen LogP) is 4.54. The zero-order chi connectivity index (χ0) is 22.3. The van der Waals surface area contributed by atoms with Crippen molar-refractivity contribution in [2.24, 2.45) is 5.92 Å². The molecule has 0 spiro atoms. The van der Waals surface area contributed by atoms with Crippen LogP contribution in [0.25, 0.3) is 0 Å². The summed E-state index contributed by atoms with van der Waals surface area (Å²) in [7, 11) is -4.38. The fourth-order valence-electron chi connectivity index (χ4n) is 3.14. The number of hydrogen-bond donors (Lipinski definition) is 1. The Morgan fingerprint density at radius 1 is 1.30 bits per heavy atom. The van der Waals surface area contributed by atoms with Crippen molar-refractivity contribution in [2.45, 2.75) is 30.5 Å². The van der Waals surface area contributed by atoms with Crippen LogP contribution >= 0.6 is 15.9 Å². The maximum atomic E-state index is 13.3. The van der Waals surface area contributed by atoms with E-state index >= 15 is 0 Å². The van der Waals surface area contributed by atoms with E-state index in [9.17, 15) is 26.4 Å². The van der Waals surface area contributed by atoms with Gasteiger partial charge in [0, 0.05) is 10.4 Å². The third kappa shape index (κ3) is 4.56. The molecule has 0 unspecified atom stereocenters. The molecule has 162 valence electrons. The van der Waals surface area contributed by atoms with Crippen LogP contribution in [-0.4, -0.2) is 32.1 Å². The van der Waals surface area contributed by atoms with Crippen molar-refractivity contribution in [3.05, 3.63) is 52.5 Å². The zero-order valence-electron chi connectivity index (χ0n) is 15.6. The highest BCUT2D eigenvalue weighted by Crippen LogP contribution is 2.41. The van der Waals surface area contributed by atoms with Crippen molar-refractivity contribution in [2.75, 3.05) is 10.8 Å². The number of sulfonamides is 1. The first-order valence-corrected chi connectivity index (χ1v) is 11.0. The average molecular weight is 508 g/mol. The molecule has 0 saturated carbocycles. The van der Waals surface area contributed by atoms with Crippen LogP contribution in [0.2, 0.25) is 0 Å². The maximum absolute atomic E-state index is 13.3. The number of alkyl halides is 3. The number of halogens is 4. The minimum absolute atomic E-state index is 0.153. The Morgan fingerprint density at radius 2 is 2.00 bits per heavy atom. The van der Waals surface area contributed by atoms with E-state index in [4.69, 9.17) is 9.84 Å². The normalized spacial score (nSPS) is 17.8. The minimum Gasteiger partial charge on any atom is -0.486 e. The Bertz CT molecular complexity index is 1070. The Hall–Kier alpha value is -2.27. The first-order valence-electron chi connectivity index (χ1n) is 8.77. The SMILES string of the molecule is C[C@H](CC(=O)O)[C@H]1CN(S(=O)(=O)c2cccc(C(F)(F)F)c2)c2cc(Br)ccc2O1. The number of nitrogens with zero attached hydrogens (tertiary/aromatic N) is 1. The monoisotopic (exact) mass is 507 g/mol. The third-order valence-corrected chi connectivity index (χ3v) is 6.96. The van der Waals surface area contributed by atoms with E-state index in [2.05, 4.69) is 15.9 Å². The molecule has 1 N–H and O–H groups in total. The van der Waals surface area contributed by atoms with Gasteiger partial charge < -0.3 is 9.84 Å². The molecule has 1 heterocycles. The Labute approximate surface area is 179 Å². The molecule has 2 aromatic rings. The van der Waals surface area contributed by atoms with E-state index in [1.807, 2.05) is 0 Å². The summed E-state index contributed by atoms with van der Waals surface area (Å²) < 4.78 is 73.2. The molecule has 0 bridgehead atoms.